The summed E-state index contributed by atoms with van der Waals surface area (Å²) in [5, 5.41) is 3.98. The van der Waals surface area contributed by atoms with Crippen molar-refractivity contribution in [3.05, 3.63) is 57.4 Å². The molecule has 0 aromatic carbocycles. The Morgan fingerprint density at radius 2 is 2.07 bits per heavy atom. The molecular weight excluding hydrogens is 448 g/mol. The highest BCUT2D eigenvalue weighted by molar-refractivity contribution is 9.10. The highest BCUT2D eigenvalue weighted by Crippen LogP contribution is 2.22. The lowest BCUT2D eigenvalue weighted by molar-refractivity contribution is -0.149. The molecule has 0 saturated carbocycles. The number of esters is 1. The van der Waals surface area contributed by atoms with Crippen molar-refractivity contribution < 1.29 is 23.2 Å². The van der Waals surface area contributed by atoms with Crippen molar-refractivity contribution in [2.24, 2.45) is 0 Å². The van der Waals surface area contributed by atoms with Gasteiger partial charge in [-0.05, 0) is 47.1 Å². The number of halogens is 1. The summed E-state index contributed by atoms with van der Waals surface area (Å²) in [5.41, 5.74) is 0.582. The van der Waals surface area contributed by atoms with Crippen LogP contribution in [-0.2, 0) is 27.4 Å². The van der Waals surface area contributed by atoms with Crippen molar-refractivity contribution in [3.63, 3.8) is 0 Å². The van der Waals surface area contributed by atoms with E-state index in [9.17, 15) is 14.4 Å². The maximum Gasteiger partial charge on any atom is 0.437 e. The molecule has 3 aromatic rings. The van der Waals surface area contributed by atoms with Crippen LogP contribution in [0, 0.1) is 0 Å². The topological polar surface area (TPSA) is 121 Å². The lowest BCUT2D eigenvalue weighted by Crippen LogP contribution is -2.39. The molecule has 0 aliphatic rings. The van der Waals surface area contributed by atoms with E-state index in [-0.39, 0.29) is 31.3 Å². The minimum Gasteiger partial charge on any atom is -0.465 e. The molecule has 0 bridgehead atoms. The molecule has 0 unspecified atom stereocenters. The molecule has 0 atom stereocenters. The summed E-state index contributed by atoms with van der Waals surface area (Å²) >= 11 is 3.15. The van der Waals surface area contributed by atoms with Crippen molar-refractivity contribution in [2.45, 2.75) is 20.0 Å². The van der Waals surface area contributed by atoms with Crippen LogP contribution in [0.15, 0.2) is 54.8 Å². The molecule has 0 aliphatic carbocycles. The Morgan fingerprint density at radius 1 is 1.24 bits per heavy atom. The number of hydrogen-bond donors (Lipinski definition) is 0. The summed E-state index contributed by atoms with van der Waals surface area (Å²) in [7, 11) is 0. The molecule has 0 radical (unpaired) electrons. The Labute approximate surface area is 173 Å². The first-order chi connectivity index (χ1) is 14.0. The van der Waals surface area contributed by atoms with Gasteiger partial charge in [-0.3, -0.25) is 14.6 Å². The monoisotopic (exact) mass is 464 g/mol. The number of rotatable bonds is 8. The average molecular weight is 465 g/mol. The summed E-state index contributed by atoms with van der Waals surface area (Å²) < 4.78 is 16.6. The predicted octanol–water partition coefficient (Wildman–Crippen LogP) is 1.85. The molecular formula is C18H17BrN4O6. The van der Waals surface area contributed by atoms with E-state index < -0.39 is 24.2 Å². The minimum atomic E-state index is -0.824. The van der Waals surface area contributed by atoms with Gasteiger partial charge in [-0.25, -0.2) is 4.79 Å². The number of carbonyl (C=O) groups excluding carboxylic acids is 2. The molecule has 0 N–H and O–H groups in total. The highest BCUT2D eigenvalue weighted by Gasteiger charge is 2.22. The number of pyridine rings is 1. The van der Waals surface area contributed by atoms with Crippen LogP contribution in [0.1, 0.15) is 12.6 Å². The zero-order valence-electron chi connectivity index (χ0n) is 15.4. The van der Waals surface area contributed by atoms with Crippen molar-refractivity contribution in [1.82, 2.24) is 19.7 Å². The van der Waals surface area contributed by atoms with Crippen LogP contribution in [0.25, 0.3) is 11.7 Å². The molecule has 10 nitrogen and oxygen atoms in total. The van der Waals surface area contributed by atoms with Crippen LogP contribution in [0.2, 0.25) is 0 Å². The van der Waals surface area contributed by atoms with Gasteiger partial charge in [-0.2, -0.15) is 4.68 Å². The summed E-state index contributed by atoms with van der Waals surface area (Å²) in [4.78, 5) is 42.1. The SMILES string of the molecule is CCOC(=O)CN(Cc1ccccn1)C(=O)Cn1nc(-c2ccc(Br)o2)oc1=O. The number of furan rings is 1. The minimum absolute atomic E-state index is 0.0600. The maximum absolute atomic E-state index is 12.8. The lowest BCUT2D eigenvalue weighted by Gasteiger charge is -2.21. The number of nitrogens with zero attached hydrogens (tertiary/aromatic N) is 4. The normalized spacial score (nSPS) is 10.7. The molecule has 1 amide bonds. The van der Waals surface area contributed by atoms with Gasteiger partial charge in [0.1, 0.15) is 13.1 Å². The quantitative estimate of drug-likeness (QED) is 0.463. The van der Waals surface area contributed by atoms with Crippen LogP contribution < -0.4 is 5.76 Å². The van der Waals surface area contributed by atoms with E-state index in [4.69, 9.17) is 13.6 Å². The molecule has 3 rings (SSSR count). The van der Waals surface area contributed by atoms with E-state index in [0.717, 1.165) is 4.68 Å². The third-order valence-corrected chi connectivity index (χ3v) is 4.16. The Bertz CT molecular complexity index is 1040. The van der Waals surface area contributed by atoms with Gasteiger partial charge in [0.05, 0.1) is 18.8 Å². The van der Waals surface area contributed by atoms with Gasteiger partial charge in [0.25, 0.3) is 5.89 Å². The molecule has 11 heteroatoms. The van der Waals surface area contributed by atoms with Crippen molar-refractivity contribution in [1.29, 1.82) is 0 Å². The zero-order valence-corrected chi connectivity index (χ0v) is 17.0. The van der Waals surface area contributed by atoms with Gasteiger partial charge in [-0.15, -0.1) is 5.10 Å². The van der Waals surface area contributed by atoms with Crippen molar-refractivity contribution >= 4 is 27.8 Å². The fourth-order valence-electron chi connectivity index (χ4n) is 2.45. The molecule has 152 valence electrons. The van der Waals surface area contributed by atoms with Crippen molar-refractivity contribution in [3.8, 4) is 11.7 Å². The van der Waals surface area contributed by atoms with Gasteiger partial charge in [0.15, 0.2) is 10.4 Å². The Kier molecular flexibility index (Phi) is 6.60. The molecule has 29 heavy (non-hydrogen) atoms. The second-order valence-corrected chi connectivity index (χ2v) is 6.59. The second-order valence-electron chi connectivity index (χ2n) is 5.81. The van der Waals surface area contributed by atoms with Gasteiger partial charge < -0.3 is 18.5 Å². The number of hydrogen-bond acceptors (Lipinski definition) is 8. The van der Waals surface area contributed by atoms with Crippen LogP contribution >= 0.6 is 15.9 Å². The summed E-state index contributed by atoms with van der Waals surface area (Å²) in [5.74, 6) is -1.74. The first-order valence-corrected chi connectivity index (χ1v) is 9.42. The maximum atomic E-state index is 12.8. The van der Waals surface area contributed by atoms with E-state index in [1.54, 1.807) is 43.5 Å². The highest BCUT2D eigenvalue weighted by atomic mass is 79.9. The average Bonchev–Trinajstić information content (AvgIpc) is 3.28. The van der Waals surface area contributed by atoms with Gasteiger partial charge in [0, 0.05) is 6.20 Å². The summed E-state index contributed by atoms with van der Waals surface area (Å²) in [6.45, 7) is 1.23. The van der Waals surface area contributed by atoms with Crippen molar-refractivity contribution in [2.75, 3.05) is 13.2 Å². The zero-order chi connectivity index (χ0) is 20.8. The first-order valence-electron chi connectivity index (χ1n) is 8.63. The van der Waals surface area contributed by atoms with Gasteiger partial charge in [0.2, 0.25) is 5.91 Å². The third-order valence-electron chi connectivity index (χ3n) is 3.73. The predicted molar refractivity (Wildman–Crippen MR) is 102 cm³/mol. The summed E-state index contributed by atoms with van der Waals surface area (Å²) in [6.07, 6.45) is 1.58. The van der Waals surface area contributed by atoms with Crippen LogP contribution in [0.3, 0.4) is 0 Å². The Hall–Kier alpha value is -3.21. The van der Waals surface area contributed by atoms with E-state index in [1.165, 1.54) is 4.90 Å². The van der Waals surface area contributed by atoms with Gasteiger partial charge >= 0.3 is 11.7 Å². The molecule has 3 aromatic heterocycles. The Balaban J connectivity index is 1.77. The van der Waals surface area contributed by atoms with E-state index >= 15 is 0 Å². The molecule has 0 saturated heterocycles. The van der Waals surface area contributed by atoms with E-state index in [0.29, 0.717) is 10.4 Å². The number of aromatic nitrogens is 3. The first kappa shape index (κ1) is 20.5. The standard InChI is InChI=1S/C18H17BrN4O6/c1-2-27-16(25)11-22(9-12-5-3-4-8-20-12)15(24)10-23-18(26)29-17(21-23)13-6-7-14(19)28-13/h3-8H,2,9-11H2,1H3. The van der Waals surface area contributed by atoms with Crippen LogP contribution in [-0.4, -0.2) is 44.7 Å². The number of carbonyl (C=O) groups is 2. The third kappa shape index (κ3) is 5.41. The molecule has 0 fully saturated rings. The second kappa shape index (κ2) is 9.32. The van der Waals surface area contributed by atoms with Crippen LogP contribution in [0.4, 0.5) is 0 Å². The number of amides is 1. The molecule has 0 aliphatic heterocycles. The van der Waals surface area contributed by atoms with Gasteiger partial charge in [-0.1, -0.05) is 6.07 Å². The summed E-state index contributed by atoms with van der Waals surface area (Å²) in [6, 6.07) is 8.42. The molecule has 3 heterocycles. The number of ether oxygens (including phenoxy) is 1. The Morgan fingerprint density at radius 3 is 2.72 bits per heavy atom. The largest absolute Gasteiger partial charge is 0.465 e. The van der Waals surface area contributed by atoms with E-state index in [2.05, 4.69) is 26.0 Å². The van der Waals surface area contributed by atoms with E-state index in [1.807, 2.05) is 0 Å². The smallest absolute Gasteiger partial charge is 0.437 e. The fraction of sp³-hybridized carbons (Fsp3) is 0.278. The van der Waals surface area contributed by atoms with Crippen LogP contribution in [0.5, 0.6) is 0 Å². The fourth-order valence-corrected chi connectivity index (χ4v) is 2.75. The lowest BCUT2D eigenvalue weighted by atomic mass is 10.3. The molecule has 0 spiro atoms.